The first kappa shape index (κ1) is 35.9. The van der Waals surface area contributed by atoms with Crippen molar-refractivity contribution in [1.82, 2.24) is 9.55 Å². The minimum absolute atomic E-state index is 0.0575. The van der Waals surface area contributed by atoms with Crippen LogP contribution >= 0.6 is 11.6 Å². The Balaban J connectivity index is 1.22. The smallest absolute Gasteiger partial charge is 0.223 e. The van der Waals surface area contributed by atoms with Crippen LogP contribution in [-0.4, -0.2) is 57.3 Å². The second kappa shape index (κ2) is 15.9. The van der Waals surface area contributed by atoms with Crippen molar-refractivity contribution in [1.29, 1.82) is 0 Å². The van der Waals surface area contributed by atoms with Crippen LogP contribution in [0.4, 0.5) is 15.8 Å². The molecule has 1 fully saturated rings. The zero-order valence-electron chi connectivity index (χ0n) is 28.1. The van der Waals surface area contributed by atoms with Gasteiger partial charge in [-0.15, -0.1) is 0 Å². The van der Waals surface area contributed by atoms with E-state index in [9.17, 15) is 19.8 Å². The fourth-order valence-corrected chi connectivity index (χ4v) is 6.53. The highest BCUT2D eigenvalue weighted by Gasteiger charge is 2.29. The van der Waals surface area contributed by atoms with Crippen molar-refractivity contribution in [2.45, 2.75) is 38.3 Å². The first-order valence-corrected chi connectivity index (χ1v) is 17.0. The summed E-state index contributed by atoms with van der Waals surface area (Å²) in [4.78, 5) is 43.3. The lowest BCUT2D eigenvalue weighted by atomic mass is 10.0. The number of anilines is 2. The highest BCUT2D eigenvalue weighted by atomic mass is 35.5. The fourth-order valence-electron chi connectivity index (χ4n) is 6.39. The average molecular weight is 729 g/mol. The van der Waals surface area contributed by atoms with Gasteiger partial charge in [0, 0.05) is 68.6 Å². The molecule has 0 radical (unpaired) electrons. The van der Waals surface area contributed by atoms with Crippen LogP contribution in [0.25, 0.3) is 0 Å². The lowest BCUT2D eigenvalue weighted by Gasteiger charge is -2.44. The summed E-state index contributed by atoms with van der Waals surface area (Å²) in [7, 11) is 0. The van der Waals surface area contributed by atoms with Crippen LogP contribution < -0.4 is 31.0 Å². The molecule has 0 spiro atoms. The number of primary amides is 2. The molecule has 2 heterocycles. The van der Waals surface area contributed by atoms with Gasteiger partial charge in [0.05, 0.1) is 24.1 Å². The Morgan fingerprint density at radius 1 is 0.865 bits per heavy atom. The Morgan fingerprint density at radius 3 is 2.29 bits per heavy atom. The molecule has 0 aliphatic carbocycles. The van der Waals surface area contributed by atoms with E-state index in [0.717, 1.165) is 11.3 Å². The summed E-state index contributed by atoms with van der Waals surface area (Å²) in [5.74, 6) is -3.61. The van der Waals surface area contributed by atoms with Crippen molar-refractivity contribution in [3.8, 4) is 23.0 Å². The number of rotatable bonds is 14. The molecule has 6 N–H and O–H groups in total. The molecule has 1 atom stereocenters. The number of aromatic hydroxyl groups is 2. The molecule has 1 saturated heterocycles. The average Bonchev–Trinajstić information content (AvgIpc) is 3.49. The number of para-hydroxylation sites is 1. The Hall–Kier alpha value is -5.95. The van der Waals surface area contributed by atoms with Gasteiger partial charge in [-0.1, -0.05) is 60.1 Å². The van der Waals surface area contributed by atoms with E-state index in [2.05, 4.69) is 9.88 Å². The number of hydrogen-bond acceptors (Lipinski definition) is 9. The number of halogens is 2. The van der Waals surface area contributed by atoms with E-state index >= 15 is 4.39 Å². The third-order valence-corrected chi connectivity index (χ3v) is 9.29. The Labute approximate surface area is 304 Å². The van der Waals surface area contributed by atoms with Gasteiger partial charge in [0.1, 0.15) is 10.8 Å². The Kier molecular flexibility index (Phi) is 11.0. The van der Waals surface area contributed by atoms with Gasteiger partial charge >= 0.3 is 0 Å². The summed E-state index contributed by atoms with van der Waals surface area (Å²) in [6.07, 6.45) is 2.57. The van der Waals surface area contributed by atoms with E-state index in [4.69, 9.17) is 32.8 Å². The lowest BCUT2D eigenvalue weighted by molar-refractivity contribution is -0.118. The zero-order chi connectivity index (χ0) is 36.8. The van der Waals surface area contributed by atoms with Crippen LogP contribution in [-0.2, 0) is 29.0 Å². The first-order valence-electron chi connectivity index (χ1n) is 16.6. The number of phenols is 2. The van der Waals surface area contributed by atoms with E-state index in [0.29, 0.717) is 55.1 Å². The Morgan fingerprint density at radius 2 is 1.58 bits per heavy atom. The highest BCUT2D eigenvalue weighted by molar-refractivity contribution is 6.33. The number of phenolic OH excluding ortho intramolecular Hbond substituents is 2. The molecule has 12 nitrogen and oxygen atoms in total. The van der Waals surface area contributed by atoms with Crippen LogP contribution in [0.1, 0.15) is 35.4 Å². The molecule has 1 aromatic heterocycles. The maximum absolute atomic E-state index is 15.3. The maximum atomic E-state index is 15.3. The first-order chi connectivity index (χ1) is 25.0. The summed E-state index contributed by atoms with van der Waals surface area (Å²) in [6, 6.07) is 24.9. The van der Waals surface area contributed by atoms with Crippen molar-refractivity contribution in [2.24, 2.45) is 11.5 Å². The highest BCUT2D eigenvalue weighted by Crippen LogP contribution is 2.38. The number of amides is 2. The maximum Gasteiger partial charge on any atom is 0.223 e. The van der Waals surface area contributed by atoms with Crippen LogP contribution in [0.5, 0.6) is 23.0 Å². The van der Waals surface area contributed by atoms with Crippen molar-refractivity contribution in [3.63, 3.8) is 0 Å². The quantitative estimate of drug-likeness (QED) is 0.0899. The number of nitrogens with zero attached hydrogens (tertiary/aromatic N) is 4. The van der Waals surface area contributed by atoms with Crippen molar-refractivity contribution in [2.75, 3.05) is 29.4 Å². The molecule has 270 valence electrons. The minimum Gasteiger partial charge on any atom is -0.506 e. The molecule has 1 aliphatic rings. The van der Waals surface area contributed by atoms with E-state index in [1.807, 2.05) is 65.6 Å². The topological polar surface area (TPSA) is 169 Å². The van der Waals surface area contributed by atoms with Gasteiger partial charge in [-0.05, 0) is 41.8 Å². The molecular formula is C38H38ClFN6O6. The number of benzene rings is 4. The molecule has 52 heavy (non-hydrogen) atoms. The predicted octanol–water partition coefficient (Wildman–Crippen LogP) is 5.09. The van der Waals surface area contributed by atoms with Gasteiger partial charge in [0.15, 0.2) is 5.75 Å². The summed E-state index contributed by atoms with van der Waals surface area (Å²) < 4.78 is 17.0. The van der Waals surface area contributed by atoms with Crippen molar-refractivity contribution in [3.05, 3.63) is 125 Å². The second-order valence-electron chi connectivity index (χ2n) is 12.6. The number of imidazole rings is 1. The van der Waals surface area contributed by atoms with E-state index < -0.39 is 29.1 Å². The summed E-state index contributed by atoms with van der Waals surface area (Å²) in [5, 5.41) is 21.1. The number of nitrogens with two attached hydrogens (primary N) is 2. The van der Waals surface area contributed by atoms with Gasteiger partial charge in [-0.2, -0.15) is 4.39 Å². The minimum atomic E-state index is -1.07. The standard InChI is InChI=1S/C38H38ClFN6O6/c39-37-31(47)16-25(21-45-23-43-29(30(45)20-36(42)50)15-24-7-3-1-4-8-24)17-33(37)51-52-34-19-28(18-32(48)38(34)40)46-14-13-44(26-9-5-2-6-10-26)22-27(46)11-12-35(41)49/h1-10,16-19,23,27,47-48H,11-15,20-22H2,(H2,41,49)(H2,42,50). The third kappa shape index (κ3) is 8.49. The number of carbonyl (C=O) groups excluding carboxylic acids is 2. The SMILES string of the molecule is NC(=O)CCC1CN(c2ccccc2)CCN1c1cc(O)c(F)c(OOc2cc(Cn3cnc(Cc4ccccc4)c3CC(N)=O)cc(O)c2Cl)c1. The summed E-state index contributed by atoms with van der Waals surface area (Å²) in [6.45, 7) is 1.81. The Bertz CT molecular complexity index is 2050. The van der Waals surface area contributed by atoms with Crippen LogP contribution in [0.15, 0.2) is 91.3 Å². The lowest BCUT2D eigenvalue weighted by Crippen LogP contribution is -2.53. The molecule has 2 amide bonds. The number of hydrogen-bond donors (Lipinski definition) is 4. The molecule has 6 rings (SSSR count). The normalized spacial score (nSPS) is 14.3. The molecule has 1 unspecified atom stereocenters. The van der Waals surface area contributed by atoms with E-state index in [1.165, 1.54) is 24.3 Å². The largest absolute Gasteiger partial charge is 0.506 e. The van der Waals surface area contributed by atoms with Gasteiger partial charge in [-0.3, -0.25) is 19.4 Å². The zero-order valence-corrected chi connectivity index (χ0v) is 28.9. The van der Waals surface area contributed by atoms with Gasteiger partial charge in [-0.25, -0.2) is 4.98 Å². The predicted molar refractivity (Wildman–Crippen MR) is 194 cm³/mol. The third-order valence-electron chi connectivity index (χ3n) is 8.91. The van der Waals surface area contributed by atoms with Crippen molar-refractivity contribution < 1.29 is 34.0 Å². The van der Waals surface area contributed by atoms with Crippen LogP contribution in [0.3, 0.4) is 0 Å². The number of carbonyl (C=O) groups is 2. The van der Waals surface area contributed by atoms with Gasteiger partial charge in [0.25, 0.3) is 0 Å². The number of aromatic nitrogens is 2. The fraction of sp³-hybridized carbons (Fsp3) is 0.237. The van der Waals surface area contributed by atoms with Gasteiger partial charge < -0.3 is 36.0 Å². The molecule has 1 aliphatic heterocycles. The molecule has 0 bridgehead atoms. The summed E-state index contributed by atoms with van der Waals surface area (Å²) >= 11 is 6.37. The molecular weight excluding hydrogens is 691 g/mol. The molecule has 4 aromatic carbocycles. The van der Waals surface area contributed by atoms with Crippen LogP contribution in [0.2, 0.25) is 5.02 Å². The monoisotopic (exact) mass is 728 g/mol. The second-order valence-corrected chi connectivity index (χ2v) is 13.0. The van der Waals surface area contributed by atoms with Gasteiger partial charge in [0.2, 0.25) is 29.1 Å². The summed E-state index contributed by atoms with van der Waals surface area (Å²) in [5.41, 5.74) is 15.3. The number of piperazine rings is 1. The molecule has 5 aromatic rings. The van der Waals surface area contributed by atoms with E-state index in [1.54, 1.807) is 10.9 Å². The molecule has 14 heteroatoms. The van der Waals surface area contributed by atoms with Crippen LogP contribution in [0, 0.1) is 5.82 Å². The van der Waals surface area contributed by atoms with Crippen molar-refractivity contribution >= 4 is 34.8 Å². The molecule has 0 saturated carbocycles. The van der Waals surface area contributed by atoms with E-state index in [-0.39, 0.29) is 41.9 Å².